The number of thiazole rings is 1. The van der Waals surface area contributed by atoms with Crippen LogP contribution >= 0.6 is 11.3 Å². The largest absolute Gasteiger partial charge is 0.364 e. The van der Waals surface area contributed by atoms with Crippen LogP contribution in [0.5, 0.6) is 0 Å². The standard InChI is InChI=1S/C16H15N5OS/c1-11-4-2-3-5-12(11)10-18-14-7-6-13(20-21-14)15(22)19-16-17-8-9-23-16/h2-9H,10H2,1H3,(H,18,21)(H,17,19,22). The zero-order valence-corrected chi connectivity index (χ0v) is 13.3. The molecule has 0 fully saturated rings. The third-order valence-corrected chi connectivity index (χ3v) is 3.96. The molecule has 1 amide bonds. The van der Waals surface area contributed by atoms with E-state index in [0.717, 1.165) is 0 Å². The first kappa shape index (κ1) is 15.1. The van der Waals surface area contributed by atoms with Gasteiger partial charge in [-0.25, -0.2) is 4.98 Å². The highest BCUT2D eigenvalue weighted by Crippen LogP contribution is 2.13. The summed E-state index contributed by atoms with van der Waals surface area (Å²) in [5, 5.41) is 16.2. The van der Waals surface area contributed by atoms with Crippen LogP contribution in [0, 0.1) is 6.92 Å². The van der Waals surface area contributed by atoms with Crippen molar-refractivity contribution in [1.82, 2.24) is 15.2 Å². The van der Waals surface area contributed by atoms with Crippen LogP contribution in [0.1, 0.15) is 21.6 Å². The van der Waals surface area contributed by atoms with Gasteiger partial charge in [-0.05, 0) is 30.2 Å². The highest BCUT2D eigenvalue weighted by molar-refractivity contribution is 7.13. The molecule has 6 nitrogen and oxygen atoms in total. The van der Waals surface area contributed by atoms with Crippen molar-refractivity contribution in [2.75, 3.05) is 10.6 Å². The topological polar surface area (TPSA) is 79.8 Å². The van der Waals surface area contributed by atoms with E-state index in [1.54, 1.807) is 23.7 Å². The molecule has 2 aromatic heterocycles. The molecule has 0 saturated carbocycles. The molecule has 23 heavy (non-hydrogen) atoms. The quantitative estimate of drug-likeness (QED) is 0.753. The molecule has 0 aliphatic carbocycles. The Labute approximate surface area is 137 Å². The summed E-state index contributed by atoms with van der Waals surface area (Å²) in [7, 11) is 0. The number of carbonyl (C=O) groups excluding carboxylic acids is 1. The van der Waals surface area contributed by atoms with Gasteiger partial charge in [-0.2, -0.15) is 0 Å². The molecule has 3 rings (SSSR count). The number of amides is 1. The van der Waals surface area contributed by atoms with E-state index >= 15 is 0 Å². The van der Waals surface area contributed by atoms with Crippen LogP contribution < -0.4 is 10.6 Å². The van der Waals surface area contributed by atoms with E-state index < -0.39 is 0 Å². The fourth-order valence-electron chi connectivity index (χ4n) is 1.99. The number of rotatable bonds is 5. The van der Waals surface area contributed by atoms with Crippen molar-refractivity contribution >= 4 is 28.2 Å². The van der Waals surface area contributed by atoms with Gasteiger partial charge < -0.3 is 5.32 Å². The SMILES string of the molecule is Cc1ccccc1CNc1ccc(C(=O)Nc2nccs2)nn1. The van der Waals surface area contributed by atoms with Crippen LogP contribution in [0.3, 0.4) is 0 Å². The summed E-state index contributed by atoms with van der Waals surface area (Å²) in [6.45, 7) is 2.72. The van der Waals surface area contributed by atoms with Gasteiger partial charge in [0, 0.05) is 18.1 Å². The molecule has 0 aliphatic rings. The summed E-state index contributed by atoms with van der Waals surface area (Å²) in [5.41, 5.74) is 2.66. The van der Waals surface area contributed by atoms with E-state index in [9.17, 15) is 4.79 Å². The number of benzene rings is 1. The van der Waals surface area contributed by atoms with Gasteiger partial charge in [0.1, 0.15) is 5.82 Å². The first-order valence-corrected chi connectivity index (χ1v) is 7.93. The number of nitrogens with one attached hydrogen (secondary N) is 2. The molecule has 0 atom stereocenters. The van der Waals surface area contributed by atoms with E-state index in [2.05, 4.69) is 44.9 Å². The Bertz CT molecular complexity index is 786. The maximum absolute atomic E-state index is 12.0. The number of carbonyl (C=O) groups is 1. The summed E-state index contributed by atoms with van der Waals surface area (Å²) in [4.78, 5) is 16.0. The summed E-state index contributed by atoms with van der Waals surface area (Å²) in [6.07, 6.45) is 1.63. The summed E-state index contributed by atoms with van der Waals surface area (Å²) in [5.74, 6) is 0.303. The number of hydrogen-bond donors (Lipinski definition) is 2. The molecule has 3 aromatic rings. The maximum Gasteiger partial charge on any atom is 0.277 e. The minimum Gasteiger partial charge on any atom is -0.364 e. The highest BCUT2D eigenvalue weighted by atomic mass is 32.1. The summed E-state index contributed by atoms with van der Waals surface area (Å²) in [6, 6.07) is 11.5. The molecule has 2 heterocycles. The number of aryl methyl sites for hydroxylation is 1. The number of nitrogens with zero attached hydrogens (tertiary/aromatic N) is 3. The van der Waals surface area contributed by atoms with E-state index in [0.29, 0.717) is 17.5 Å². The molecule has 0 aliphatic heterocycles. The van der Waals surface area contributed by atoms with Crippen molar-refractivity contribution in [2.24, 2.45) is 0 Å². The fourth-order valence-corrected chi connectivity index (χ4v) is 2.51. The monoisotopic (exact) mass is 325 g/mol. The van der Waals surface area contributed by atoms with Crippen LogP contribution in [-0.2, 0) is 6.54 Å². The van der Waals surface area contributed by atoms with Crippen molar-refractivity contribution in [3.8, 4) is 0 Å². The van der Waals surface area contributed by atoms with Gasteiger partial charge in [0.15, 0.2) is 10.8 Å². The molecule has 0 radical (unpaired) electrons. The average Bonchev–Trinajstić information content (AvgIpc) is 3.07. The predicted molar refractivity (Wildman–Crippen MR) is 90.6 cm³/mol. The van der Waals surface area contributed by atoms with Crippen molar-refractivity contribution in [3.63, 3.8) is 0 Å². The Kier molecular flexibility index (Phi) is 4.58. The van der Waals surface area contributed by atoms with Crippen LogP contribution in [0.25, 0.3) is 0 Å². The smallest absolute Gasteiger partial charge is 0.277 e. The van der Waals surface area contributed by atoms with Crippen molar-refractivity contribution in [2.45, 2.75) is 13.5 Å². The molecule has 7 heteroatoms. The molecule has 0 bridgehead atoms. The molecule has 1 aromatic carbocycles. The summed E-state index contributed by atoms with van der Waals surface area (Å²) >= 11 is 1.35. The third-order valence-electron chi connectivity index (χ3n) is 3.27. The molecular formula is C16H15N5OS. The van der Waals surface area contributed by atoms with Gasteiger partial charge in [-0.3, -0.25) is 10.1 Å². The maximum atomic E-state index is 12.0. The second-order valence-electron chi connectivity index (χ2n) is 4.88. The highest BCUT2D eigenvalue weighted by Gasteiger charge is 2.09. The third kappa shape index (κ3) is 3.89. The van der Waals surface area contributed by atoms with E-state index in [-0.39, 0.29) is 11.6 Å². The Morgan fingerprint density at radius 3 is 2.74 bits per heavy atom. The van der Waals surface area contributed by atoms with Gasteiger partial charge in [0.2, 0.25) is 0 Å². The molecule has 116 valence electrons. The zero-order chi connectivity index (χ0) is 16.1. The Hall–Kier alpha value is -2.80. The van der Waals surface area contributed by atoms with Gasteiger partial charge in [0.05, 0.1) is 0 Å². The molecule has 0 unspecified atom stereocenters. The van der Waals surface area contributed by atoms with E-state index in [1.807, 2.05) is 12.1 Å². The van der Waals surface area contributed by atoms with Crippen LogP contribution in [0.4, 0.5) is 10.9 Å². The van der Waals surface area contributed by atoms with Gasteiger partial charge in [-0.1, -0.05) is 24.3 Å². The predicted octanol–water partition coefficient (Wildman–Crippen LogP) is 3.11. The minimum absolute atomic E-state index is 0.252. The lowest BCUT2D eigenvalue weighted by molar-refractivity contribution is 0.102. The van der Waals surface area contributed by atoms with Crippen molar-refractivity contribution < 1.29 is 4.79 Å². The minimum atomic E-state index is -0.321. The zero-order valence-electron chi connectivity index (χ0n) is 12.5. The normalized spacial score (nSPS) is 10.3. The molecular weight excluding hydrogens is 310 g/mol. The summed E-state index contributed by atoms with van der Waals surface area (Å²) < 4.78 is 0. The molecule has 0 spiro atoms. The lowest BCUT2D eigenvalue weighted by Crippen LogP contribution is -2.14. The lowest BCUT2D eigenvalue weighted by Gasteiger charge is -2.08. The van der Waals surface area contributed by atoms with Crippen molar-refractivity contribution in [1.29, 1.82) is 0 Å². The van der Waals surface area contributed by atoms with Gasteiger partial charge in [-0.15, -0.1) is 21.5 Å². The first-order chi connectivity index (χ1) is 11.2. The van der Waals surface area contributed by atoms with Gasteiger partial charge in [0.25, 0.3) is 5.91 Å². The Morgan fingerprint density at radius 1 is 1.17 bits per heavy atom. The Balaban J connectivity index is 1.61. The van der Waals surface area contributed by atoms with E-state index in [1.165, 1.54) is 22.5 Å². The number of hydrogen-bond acceptors (Lipinski definition) is 6. The van der Waals surface area contributed by atoms with Gasteiger partial charge >= 0.3 is 0 Å². The van der Waals surface area contributed by atoms with Crippen LogP contribution in [0.15, 0.2) is 48.0 Å². The second-order valence-corrected chi connectivity index (χ2v) is 5.77. The molecule has 2 N–H and O–H groups in total. The van der Waals surface area contributed by atoms with Crippen LogP contribution in [0.2, 0.25) is 0 Å². The Morgan fingerprint density at radius 2 is 2.04 bits per heavy atom. The lowest BCUT2D eigenvalue weighted by atomic mass is 10.1. The van der Waals surface area contributed by atoms with Crippen LogP contribution in [-0.4, -0.2) is 21.1 Å². The first-order valence-electron chi connectivity index (χ1n) is 7.05. The fraction of sp³-hybridized carbons (Fsp3) is 0.125. The average molecular weight is 325 g/mol. The van der Waals surface area contributed by atoms with Crippen molar-refractivity contribution in [3.05, 3.63) is 64.8 Å². The number of anilines is 2. The molecule has 0 saturated heterocycles. The second kappa shape index (κ2) is 6.97. The van der Waals surface area contributed by atoms with E-state index in [4.69, 9.17) is 0 Å². The number of aromatic nitrogens is 3.